The number of carbonyl (C=O) groups excluding carboxylic acids is 3. The van der Waals surface area contributed by atoms with Gasteiger partial charge in [0.05, 0.1) is 43.4 Å². The summed E-state index contributed by atoms with van der Waals surface area (Å²) in [5, 5.41) is 2.73. The van der Waals surface area contributed by atoms with E-state index in [1.54, 1.807) is 6.92 Å². The number of benzene rings is 1. The summed E-state index contributed by atoms with van der Waals surface area (Å²) in [4.78, 5) is 47.2. The molecule has 0 aromatic heterocycles. The Kier molecular flexibility index (Phi) is 8.42. The van der Waals surface area contributed by atoms with Crippen molar-refractivity contribution in [3.63, 3.8) is 0 Å². The summed E-state index contributed by atoms with van der Waals surface area (Å²) < 4.78 is 10.4. The Labute approximate surface area is 222 Å². The molecule has 9 heteroatoms. The number of amidine groups is 1. The number of hydrogen-bond acceptors (Lipinski definition) is 8. The number of thioether (sulfide) groups is 1. The molecule has 1 fully saturated rings. The third kappa shape index (κ3) is 5.46. The van der Waals surface area contributed by atoms with Gasteiger partial charge in [-0.05, 0) is 56.6 Å². The van der Waals surface area contributed by atoms with Gasteiger partial charge < -0.3 is 19.3 Å². The molecule has 1 saturated heterocycles. The second-order valence-electron chi connectivity index (χ2n) is 9.54. The number of hydrogen-bond donors (Lipinski definition) is 0. The van der Waals surface area contributed by atoms with Gasteiger partial charge in [0.25, 0.3) is 0 Å². The molecule has 0 N–H and O–H groups in total. The van der Waals surface area contributed by atoms with Gasteiger partial charge in [-0.25, -0.2) is 9.79 Å². The molecule has 0 saturated carbocycles. The molecule has 3 aliphatic heterocycles. The molecule has 4 rings (SSSR count). The van der Waals surface area contributed by atoms with Gasteiger partial charge in [0.1, 0.15) is 0 Å². The summed E-state index contributed by atoms with van der Waals surface area (Å²) in [7, 11) is 1.39. The van der Waals surface area contributed by atoms with Crippen LogP contribution in [0.5, 0.6) is 0 Å². The van der Waals surface area contributed by atoms with E-state index in [1.165, 1.54) is 18.9 Å². The average Bonchev–Trinajstić information content (AvgIpc) is 3.29. The van der Waals surface area contributed by atoms with Crippen molar-refractivity contribution in [3.05, 3.63) is 57.3 Å². The van der Waals surface area contributed by atoms with E-state index in [1.807, 2.05) is 42.0 Å². The molecule has 0 spiro atoms. The number of rotatable bonds is 7. The molecule has 3 aliphatic rings. The number of ether oxygens (including phenoxy) is 2. The Morgan fingerprint density at radius 3 is 2.49 bits per heavy atom. The van der Waals surface area contributed by atoms with E-state index in [9.17, 15) is 14.4 Å². The van der Waals surface area contributed by atoms with E-state index < -0.39 is 12.0 Å². The fraction of sp³-hybridized carbons (Fsp3) is 0.500. The number of methoxy groups -OCH3 is 1. The molecule has 0 bridgehead atoms. The molecule has 1 aromatic rings. The van der Waals surface area contributed by atoms with Gasteiger partial charge in [0, 0.05) is 18.8 Å². The third-order valence-corrected chi connectivity index (χ3v) is 8.04. The number of piperidine rings is 1. The number of aliphatic imine (C=N–C) groups is 1. The smallest absolute Gasteiger partial charge is 0.338 e. The van der Waals surface area contributed by atoms with E-state index in [4.69, 9.17) is 14.5 Å². The van der Waals surface area contributed by atoms with Crippen LogP contribution in [0.25, 0.3) is 0 Å². The lowest BCUT2D eigenvalue weighted by molar-refractivity contribution is -0.151. The lowest BCUT2D eigenvalue weighted by Crippen LogP contribution is -2.42. The zero-order chi connectivity index (χ0) is 26.7. The molecule has 0 unspecified atom stereocenters. The van der Waals surface area contributed by atoms with Crippen LogP contribution in [-0.4, -0.2) is 59.6 Å². The number of nitrogens with zero attached hydrogens (tertiary/aromatic N) is 3. The first kappa shape index (κ1) is 27.0. The highest BCUT2D eigenvalue weighted by atomic mass is 32.2. The monoisotopic (exact) mass is 525 g/mol. The summed E-state index contributed by atoms with van der Waals surface area (Å²) in [5.41, 5.74) is 5.21. The van der Waals surface area contributed by atoms with Gasteiger partial charge in [-0.15, -0.1) is 0 Å². The predicted octanol–water partition coefficient (Wildman–Crippen LogP) is 4.63. The van der Waals surface area contributed by atoms with Crippen LogP contribution in [0.2, 0.25) is 0 Å². The Morgan fingerprint density at radius 1 is 1.14 bits per heavy atom. The molecule has 37 heavy (non-hydrogen) atoms. The van der Waals surface area contributed by atoms with Crippen molar-refractivity contribution in [1.82, 2.24) is 9.80 Å². The Bertz CT molecular complexity index is 1180. The molecule has 198 valence electrons. The standard InChI is InChI=1S/C28H35N3O5S/c1-6-22-24(27(34)35-5)25(21-9-8-17(3)14-18(21)4)31-20(16-37-28(31)29-22)15-23(32)30-12-10-19(11-13-30)26(33)36-7-2/h8-9,14,16,19,25H,6-7,10-13,15H2,1-5H3/t25-/m0/s1. The van der Waals surface area contributed by atoms with Crippen molar-refractivity contribution in [2.45, 2.75) is 59.4 Å². The normalized spacial score (nSPS) is 19.9. The molecular weight excluding hydrogens is 490 g/mol. The first-order chi connectivity index (χ1) is 17.8. The Hall–Kier alpha value is -3.07. The third-order valence-electron chi connectivity index (χ3n) is 7.15. The summed E-state index contributed by atoms with van der Waals surface area (Å²) >= 11 is 1.48. The number of carbonyl (C=O) groups is 3. The summed E-state index contributed by atoms with van der Waals surface area (Å²) in [5.74, 6) is -0.739. The lowest BCUT2D eigenvalue weighted by atomic mass is 9.89. The van der Waals surface area contributed by atoms with Crippen molar-refractivity contribution in [2.24, 2.45) is 10.9 Å². The van der Waals surface area contributed by atoms with Crippen LogP contribution in [0.15, 0.2) is 45.6 Å². The van der Waals surface area contributed by atoms with Crippen molar-refractivity contribution in [3.8, 4) is 0 Å². The molecule has 0 radical (unpaired) electrons. The minimum Gasteiger partial charge on any atom is -0.466 e. The maximum Gasteiger partial charge on any atom is 0.338 e. The lowest BCUT2D eigenvalue weighted by Gasteiger charge is -2.38. The van der Waals surface area contributed by atoms with Crippen molar-refractivity contribution < 1.29 is 23.9 Å². The van der Waals surface area contributed by atoms with Crippen LogP contribution in [0, 0.1) is 19.8 Å². The van der Waals surface area contributed by atoms with E-state index in [2.05, 4.69) is 12.1 Å². The number of esters is 2. The average molecular weight is 526 g/mol. The maximum atomic E-state index is 13.4. The Balaban J connectivity index is 1.60. The van der Waals surface area contributed by atoms with E-state index >= 15 is 0 Å². The summed E-state index contributed by atoms with van der Waals surface area (Å²) in [6.45, 7) is 9.29. The number of fused-ring (bicyclic) bond motifs is 1. The fourth-order valence-electron chi connectivity index (χ4n) is 5.23. The van der Waals surface area contributed by atoms with E-state index in [0.717, 1.165) is 27.6 Å². The molecule has 8 nitrogen and oxygen atoms in total. The van der Waals surface area contributed by atoms with Gasteiger partial charge in [0.2, 0.25) is 5.91 Å². The van der Waals surface area contributed by atoms with Crippen LogP contribution in [0.3, 0.4) is 0 Å². The molecule has 0 aliphatic carbocycles. The largest absolute Gasteiger partial charge is 0.466 e. The first-order valence-corrected chi connectivity index (χ1v) is 13.7. The number of aryl methyl sites for hydroxylation is 2. The van der Waals surface area contributed by atoms with Gasteiger partial charge in [-0.2, -0.15) is 0 Å². The van der Waals surface area contributed by atoms with E-state index in [0.29, 0.717) is 50.2 Å². The first-order valence-electron chi connectivity index (χ1n) is 12.9. The van der Waals surface area contributed by atoms with Crippen molar-refractivity contribution in [2.75, 3.05) is 26.8 Å². The van der Waals surface area contributed by atoms with Crippen molar-refractivity contribution in [1.29, 1.82) is 0 Å². The van der Waals surface area contributed by atoms with Gasteiger partial charge in [-0.3, -0.25) is 9.59 Å². The number of allylic oxidation sites excluding steroid dienone is 1. The molecule has 1 atom stereocenters. The molecule has 3 heterocycles. The van der Waals surface area contributed by atoms with Crippen LogP contribution in [0.4, 0.5) is 0 Å². The van der Waals surface area contributed by atoms with Crippen LogP contribution < -0.4 is 0 Å². The predicted molar refractivity (Wildman–Crippen MR) is 143 cm³/mol. The minimum absolute atomic E-state index is 0.000303. The van der Waals surface area contributed by atoms with Crippen LogP contribution in [0.1, 0.15) is 62.3 Å². The fourth-order valence-corrected chi connectivity index (χ4v) is 6.17. The van der Waals surface area contributed by atoms with E-state index in [-0.39, 0.29) is 24.2 Å². The van der Waals surface area contributed by atoms with Gasteiger partial charge >= 0.3 is 11.9 Å². The van der Waals surface area contributed by atoms with Gasteiger partial charge in [0.15, 0.2) is 5.17 Å². The highest BCUT2D eigenvalue weighted by molar-refractivity contribution is 8.16. The molecule has 1 aromatic carbocycles. The van der Waals surface area contributed by atoms with Crippen molar-refractivity contribution >= 4 is 34.8 Å². The topological polar surface area (TPSA) is 88.5 Å². The SMILES string of the molecule is CCOC(=O)C1CCN(C(=O)CC2=CSC3=NC(CC)=C(C(=O)OC)[C@H](c4ccc(C)cc4C)N23)CC1. The maximum absolute atomic E-state index is 13.4. The highest BCUT2D eigenvalue weighted by Crippen LogP contribution is 2.46. The van der Waals surface area contributed by atoms with Crippen LogP contribution >= 0.6 is 11.8 Å². The summed E-state index contributed by atoms with van der Waals surface area (Å²) in [6, 6.07) is 5.77. The molecule has 1 amide bonds. The highest BCUT2D eigenvalue weighted by Gasteiger charge is 2.42. The van der Waals surface area contributed by atoms with Gasteiger partial charge in [-0.1, -0.05) is 42.4 Å². The molecular formula is C28H35N3O5S. The quantitative estimate of drug-likeness (QED) is 0.480. The second kappa shape index (κ2) is 11.5. The number of likely N-dealkylation sites (tertiary alicyclic amines) is 1. The minimum atomic E-state index is -0.431. The number of amides is 1. The zero-order valence-corrected chi connectivity index (χ0v) is 23.0. The van der Waals surface area contributed by atoms with Crippen LogP contribution in [-0.2, 0) is 23.9 Å². The summed E-state index contributed by atoms with van der Waals surface area (Å²) in [6.07, 6.45) is 1.99. The zero-order valence-electron chi connectivity index (χ0n) is 22.2. The Morgan fingerprint density at radius 2 is 1.86 bits per heavy atom. The second-order valence-corrected chi connectivity index (χ2v) is 10.4.